The Balaban J connectivity index is 1.45. The molecular formula is C29H33N5S. The largest absolute Gasteiger partial charge is 0.346 e. The van der Waals surface area contributed by atoms with E-state index in [-0.39, 0.29) is 0 Å². The minimum absolute atomic E-state index is 0.397. The van der Waals surface area contributed by atoms with E-state index in [9.17, 15) is 0 Å². The number of hydrogen-bond donors (Lipinski definition) is 2. The predicted octanol–water partition coefficient (Wildman–Crippen LogP) is 7.12. The third-order valence-electron chi connectivity index (χ3n) is 7.88. The van der Waals surface area contributed by atoms with Gasteiger partial charge in [-0.15, -0.1) is 11.3 Å². The number of hydrogen-bond acceptors (Lipinski definition) is 4. The van der Waals surface area contributed by atoms with Gasteiger partial charge < -0.3 is 10.3 Å². The molecule has 5 heterocycles. The first-order valence-electron chi connectivity index (χ1n) is 12.7. The van der Waals surface area contributed by atoms with Gasteiger partial charge in [0.05, 0.1) is 5.69 Å². The van der Waals surface area contributed by atoms with Gasteiger partial charge in [0, 0.05) is 22.0 Å². The minimum Gasteiger partial charge on any atom is -0.346 e. The molecule has 1 aliphatic heterocycles. The molecule has 4 aromatic heterocycles. The van der Waals surface area contributed by atoms with Crippen LogP contribution in [0.3, 0.4) is 0 Å². The quantitative estimate of drug-likeness (QED) is 0.286. The second-order valence-electron chi connectivity index (χ2n) is 10.3. The van der Waals surface area contributed by atoms with Crippen LogP contribution >= 0.6 is 11.3 Å². The number of thiophene rings is 1. The summed E-state index contributed by atoms with van der Waals surface area (Å²) in [7, 11) is 0. The van der Waals surface area contributed by atoms with Gasteiger partial charge >= 0.3 is 0 Å². The molecule has 0 amide bonds. The molecule has 0 unspecified atom stereocenters. The van der Waals surface area contributed by atoms with Crippen molar-refractivity contribution in [2.24, 2.45) is 0 Å². The van der Waals surface area contributed by atoms with Gasteiger partial charge in [-0.2, -0.15) is 5.10 Å². The number of pyridine rings is 1. The monoisotopic (exact) mass is 483 g/mol. The van der Waals surface area contributed by atoms with Crippen molar-refractivity contribution in [3.8, 4) is 21.7 Å². The third-order valence-corrected chi connectivity index (χ3v) is 9.14. The number of piperidine rings is 1. The number of fused-ring (bicyclic) bond motifs is 2. The molecule has 6 rings (SSSR count). The van der Waals surface area contributed by atoms with E-state index in [4.69, 9.17) is 0 Å². The molecule has 1 aliphatic rings. The SMILES string of the molecule is Cc1c(-c2[nH]c3sc(-c4ccc(C5CCNCC5)cc4)c(C)c3c2C(C)C)cn2ncnc2c1C. The lowest BCUT2D eigenvalue weighted by molar-refractivity contribution is 0.460. The Morgan fingerprint density at radius 3 is 2.46 bits per heavy atom. The number of H-pyrrole nitrogens is 1. The third kappa shape index (κ3) is 3.62. The molecular weight excluding hydrogens is 450 g/mol. The Labute approximate surface area is 210 Å². The highest BCUT2D eigenvalue weighted by molar-refractivity contribution is 7.22. The molecule has 6 heteroatoms. The molecule has 5 aromatic rings. The molecule has 0 aliphatic carbocycles. The normalized spacial score (nSPS) is 15.1. The van der Waals surface area contributed by atoms with Crippen molar-refractivity contribution < 1.29 is 0 Å². The smallest absolute Gasteiger partial charge is 0.158 e. The maximum atomic E-state index is 4.44. The molecule has 1 aromatic carbocycles. The second-order valence-corrected chi connectivity index (χ2v) is 11.3. The Morgan fingerprint density at radius 2 is 1.74 bits per heavy atom. The molecule has 1 fully saturated rings. The molecule has 35 heavy (non-hydrogen) atoms. The lowest BCUT2D eigenvalue weighted by Gasteiger charge is -2.23. The van der Waals surface area contributed by atoms with Crippen molar-refractivity contribution >= 4 is 27.2 Å². The predicted molar refractivity (Wildman–Crippen MR) is 147 cm³/mol. The van der Waals surface area contributed by atoms with Crippen LogP contribution in [0, 0.1) is 20.8 Å². The van der Waals surface area contributed by atoms with Gasteiger partial charge in [0.25, 0.3) is 0 Å². The van der Waals surface area contributed by atoms with Gasteiger partial charge in [-0.25, -0.2) is 9.50 Å². The van der Waals surface area contributed by atoms with Crippen LogP contribution in [0.1, 0.15) is 66.3 Å². The fourth-order valence-electron chi connectivity index (χ4n) is 5.81. The molecule has 0 spiro atoms. The molecule has 5 nitrogen and oxygen atoms in total. The molecule has 0 bridgehead atoms. The maximum Gasteiger partial charge on any atom is 0.158 e. The fraction of sp³-hybridized carbons (Fsp3) is 0.379. The van der Waals surface area contributed by atoms with Crippen molar-refractivity contribution in [2.75, 3.05) is 13.1 Å². The first kappa shape index (κ1) is 22.5. The lowest BCUT2D eigenvalue weighted by Crippen LogP contribution is -2.26. The number of aryl methyl sites for hydroxylation is 2. The maximum absolute atomic E-state index is 4.44. The van der Waals surface area contributed by atoms with E-state index in [1.165, 1.54) is 72.6 Å². The van der Waals surface area contributed by atoms with Crippen LogP contribution in [0.4, 0.5) is 0 Å². The zero-order chi connectivity index (χ0) is 24.3. The van der Waals surface area contributed by atoms with Gasteiger partial charge in [0.2, 0.25) is 0 Å². The first-order chi connectivity index (χ1) is 16.9. The van der Waals surface area contributed by atoms with Crippen molar-refractivity contribution in [1.29, 1.82) is 0 Å². The Bertz CT molecular complexity index is 1530. The van der Waals surface area contributed by atoms with Gasteiger partial charge in [-0.1, -0.05) is 38.1 Å². The average molecular weight is 484 g/mol. The summed E-state index contributed by atoms with van der Waals surface area (Å²) in [4.78, 5) is 10.9. The van der Waals surface area contributed by atoms with E-state index in [1.807, 2.05) is 15.9 Å². The standard InChI is InChI=1S/C29H33N5S/c1-16(2)24-25-19(5)27(22-8-6-20(7-9-22)21-10-12-30-13-11-21)35-29(25)33-26(24)23-14-34-28(31-15-32-34)18(4)17(23)3/h6-9,14-16,21,30,33H,10-13H2,1-5H3. The fourth-order valence-corrected chi connectivity index (χ4v) is 7.04. The summed E-state index contributed by atoms with van der Waals surface area (Å²) < 4.78 is 1.90. The van der Waals surface area contributed by atoms with Crippen molar-refractivity contribution in [3.63, 3.8) is 0 Å². The number of nitrogens with zero attached hydrogens (tertiary/aromatic N) is 3. The van der Waals surface area contributed by atoms with Crippen LogP contribution < -0.4 is 5.32 Å². The first-order valence-corrected chi connectivity index (χ1v) is 13.5. The Morgan fingerprint density at radius 1 is 1.00 bits per heavy atom. The van der Waals surface area contributed by atoms with Crippen LogP contribution in [0.25, 0.3) is 37.6 Å². The minimum atomic E-state index is 0.397. The molecule has 1 saturated heterocycles. The van der Waals surface area contributed by atoms with Gasteiger partial charge in [-0.3, -0.25) is 0 Å². The van der Waals surface area contributed by atoms with Gasteiger partial charge in [0.15, 0.2) is 5.65 Å². The van der Waals surface area contributed by atoms with E-state index in [1.54, 1.807) is 6.33 Å². The van der Waals surface area contributed by atoms with Crippen LogP contribution in [-0.2, 0) is 0 Å². The topological polar surface area (TPSA) is 58.0 Å². The highest BCUT2D eigenvalue weighted by Gasteiger charge is 2.24. The van der Waals surface area contributed by atoms with Crippen LogP contribution in [0.15, 0.2) is 36.8 Å². The number of nitrogens with one attached hydrogen (secondary N) is 2. The summed E-state index contributed by atoms with van der Waals surface area (Å²) >= 11 is 1.88. The van der Waals surface area contributed by atoms with Crippen molar-refractivity contribution in [1.82, 2.24) is 24.9 Å². The molecule has 0 atom stereocenters. The lowest BCUT2D eigenvalue weighted by atomic mass is 9.89. The zero-order valence-corrected chi connectivity index (χ0v) is 22.0. The summed E-state index contributed by atoms with van der Waals surface area (Å²) in [6.07, 6.45) is 6.23. The summed E-state index contributed by atoms with van der Waals surface area (Å²) in [5.74, 6) is 1.08. The summed E-state index contributed by atoms with van der Waals surface area (Å²) in [6, 6.07) is 9.37. The van der Waals surface area contributed by atoms with E-state index in [0.717, 1.165) is 18.7 Å². The van der Waals surface area contributed by atoms with E-state index in [2.05, 4.69) is 85.5 Å². The van der Waals surface area contributed by atoms with Crippen molar-refractivity contribution in [2.45, 2.75) is 59.3 Å². The number of benzene rings is 1. The van der Waals surface area contributed by atoms with Crippen LogP contribution in [0.2, 0.25) is 0 Å². The number of aromatic amines is 1. The average Bonchev–Trinajstić information content (AvgIpc) is 3.57. The van der Waals surface area contributed by atoms with Gasteiger partial charge in [-0.05, 0) is 91.9 Å². The second kappa shape index (κ2) is 8.61. The van der Waals surface area contributed by atoms with Gasteiger partial charge in [0.1, 0.15) is 11.2 Å². The molecule has 2 N–H and O–H groups in total. The summed E-state index contributed by atoms with van der Waals surface area (Å²) in [5, 5.41) is 9.28. The van der Waals surface area contributed by atoms with Crippen LogP contribution in [-0.4, -0.2) is 32.7 Å². The van der Waals surface area contributed by atoms with Crippen molar-refractivity contribution in [3.05, 3.63) is 64.6 Å². The molecule has 0 saturated carbocycles. The highest BCUT2D eigenvalue weighted by atomic mass is 32.1. The highest BCUT2D eigenvalue weighted by Crippen LogP contribution is 2.46. The Kier molecular flexibility index (Phi) is 5.53. The number of aromatic nitrogens is 4. The summed E-state index contributed by atoms with van der Waals surface area (Å²) in [5.41, 5.74) is 11.4. The molecule has 180 valence electrons. The zero-order valence-electron chi connectivity index (χ0n) is 21.2. The summed E-state index contributed by atoms with van der Waals surface area (Å²) in [6.45, 7) is 13.5. The molecule has 0 radical (unpaired) electrons. The van der Waals surface area contributed by atoms with Crippen LogP contribution in [0.5, 0.6) is 0 Å². The van der Waals surface area contributed by atoms with E-state index in [0.29, 0.717) is 11.8 Å². The number of rotatable bonds is 4. The Hall–Kier alpha value is -2.96. The van der Waals surface area contributed by atoms with E-state index >= 15 is 0 Å². The van der Waals surface area contributed by atoms with E-state index < -0.39 is 0 Å².